The van der Waals surface area contributed by atoms with Gasteiger partial charge in [-0.3, -0.25) is 4.79 Å². The van der Waals surface area contributed by atoms with Crippen LogP contribution in [-0.2, 0) is 18.0 Å². The zero-order chi connectivity index (χ0) is 21.3. The second-order valence-corrected chi connectivity index (χ2v) is 8.38. The van der Waals surface area contributed by atoms with Gasteiger partial charge in [0.1, 0.15) is 45.3 Å². The van der Waals surface area contributed by atoms with Gasteiger partial charge < -0.3 is 14.5 Å². The molecule has 0 bridgehead atoms. The van der Waals surface area contributed by atoms with Crippen molar-refractivity contribution in [1.82, 2.24) is 15.0 Å². The van der Waals surface area contributed by atoms with Gasteiger partial charge in [0.05, 0.1) is 11.1 Å². The summed E-state index contributed by atoms with van der Waals surface area (Å²) in [5.41, 5.74) is 0.882. The second kappa shape index (κ2) is 8.33. The van der Waals surface area contributed by atoms with Crippen LogP contribution in [0.4, 0.5) is 4.39 Å². The van der Waals surface area contributed by atoms with Crippen molar-refractivity contribution in [2.24, 2.45) is 0 Å². The summed E-state index contributed by atoms with van der Waals surface area (Å²) in [5.74, 6) is 0.180. The largest absolute Gasteiger partial charge is 0.486 e. The van der Waals surface area contributed by atoms with E-state index in [1.165, 1.54) is 23.5 Å². The van der Waals surface area contributed by atoms with Crippen LogP contribution < -0.4 is 10.3 Å². The van der Waals surface area contributed by atoms with Crippen molar-refractivity contribution < 1.29 is 18.7 Å². The number of nitrogens with zero attached hydrogens (tertiary/aromatic N) is 2. The van der Waals surface area contributed by atoms with Crippen LogP contribution in [0.25, 0.3) is 10.2 Å². The number of carbonyl (C=O) groups excluding carboxylic acids is 1. The Morgan fingerprint density at radius 2 is 1.93 bits per heavy atom. The molecule has 10 heteroatoms. The minimum absolute atomic E-state index is 0.00236. The summed E-state index contributed by atoms with van der Waals surface area (Å²) in [6, 6.07) is 5.73. The smallest absolute Gasteiger partial charge is 0.349 e. The number of carbonyl (C=O) groups is 1. The molecule has 0 atom stereocenters. The van der Waals surface area contributed by atoms with Gasteiger partial charge in [0.2, 0.25) is 0 Å². The Labute approximate surface area is 178 Å². The number of rotatable bonds is 6. The summed E-state index contributed by atoms with van der Waals surface area (Å²) in [6.45, 7) is 3.62. The van der Waals surface area contributed by atoms with Crippen LogP contribution in [0.3, 0.4) is 0 Å². The molecule has 0 saturated heterocycles. The van der Waals surface area contributed by atoms with E-state index in [0.717, 1.165) is 11.3 Å². The molecule has 4 rings (SSSR count). The summed E-state index contributed by atoms with van der Waals surface area (Å²) in [7, 11) is 0. The zero-order valence-corrected chi connectivity index (χ0v) is 17.7. The molecule has 0 amide bonds. The third kappa shape index (κ3) is 4.24. The molecule has 0 spiro atoms. The fourth-order valence-corrected chi connectivity index (χ4v) is 4.62. The highest BCUT2D eigenvalue weighted by Crippen LogP contribution is 2.28. The van der Waals surface area contributed by atoms with Gasteiger partial charge in [-0.05, 0) is 43.7 Å². The number of H-pyrrole nitrogens is 1. The van der Waals surface area contributed by atoms with E-state index in [1.807, 2.05) is 0 Å². The average molecular weight is 445 g/mol. The van der Waals surface area contributed by atoms with Gasteiger partial charge in [-0.1, -0.05) is 0 Å². The topological polar surface area (TPSA) is 94.2 Å². The summed E-state index contributed by atoms with van der Waals surface area (Å²) < 4.78 is 23.9. The van der Waals surface area contributed by atoms with Crippen molar-refractivity contribution in [2.75, 3.05) is 0 Å². The Hall–Kier alpha value is -3.11. The monoisotopic (exact) mass is 445 g/mol. The fourth-order valence-electron chi connectivity index (χ4n) is 2.81. The predicted octanol–water partition coefficient (Wildman–Crippen LogP) is 4.13. The van der Waals surface area contributed by atoms with Crippen molar-refractivity contribution in [3.05, 3.63) is 72.8 Å². The minimum Gasteiger partial charge on any atom is -0.486 e. The van der Waals surface area contributed by atoms with E-state index in [1.54, 1.807) is 31.4 Å². The maximum absolute atomic E-state index is 12.9. The lowest BCUT2D eigenvalue weighted by molar-refractivity contribution is 0.0473. The first-order valence-electron chi connectivity index (χ1n) is 8.89. The summed E-state index contributed by atoms with van der Waals surface area (Å²) in [5, 5.41) is 2.89. The van der Waals surface area contributed by atoms with Crippen LogP contribution in [-0.4, -0.2) is 20.9 Å². The molecule has 154 valence electrons. The molecule has 30 heavy (non-hydrogen) atoms. The standard InChI is InChI=1S/C20H16FN3O4S2/c1-10-16-18(25)22-11(2)23-19(16)30-17(10)20(26)28-7-13-9-29-15(24-13)8-27-14-5-3-12(21)4-6-14/h3-6,9H,7-8H2,1-2H3,(H,22,23,25). The van der Waals surface area contributed by atoms with Crippen LogP contribution in [0.15, 0.2) is 34.4 Å². The van der Waals surface area contributed by atoms with Gasteiger partial charge in [0, 0.05) is 5.38 Å². The molecule has 0 radical (unpaired) electrons. The van der Waals surface area contributed by atoms with Crippen LogP contribution in [0, 0.1) is 19.7 Å². The average Bonchev–Trinajstić information content (AvgIpc) is 3.30. The molecule has 0 unspecified atom stereocenters. The van der Waals surface area contributed by atoms with E-state index < -0.39 is 5.97 Å². The Balaban J connectivity index is 1.39. The number of aryl methyl sites for hydroxylation is 2. The first-order chi connectivity index (χ1) is 14.4. The highest BCUT2D eigenvalue weighted by Gasteiger charge is 2.20. The van der Waals surface area contributed by atoms with Crippen molar-refractivity contribution in [2.45, 2.75) is 27.1 Å². The van der Waals surface area contributed by atoms with Gasteiger partial charge in [0.25, 0.3) is 5.56 Å². The molecule has 0 aliphatic carbocycles. The molecule has 3 heterocycles. The first-order valence-corrected chi connectivity index (χ1v) is 10.6. The second-order valence-electron chi connectivity index (χ2n) is 6.44. The molecule has 7 nitrogen and oxygen atoms in total. The zero-order valence-electron chi connectivity index (χ0n) is 16.0. The van der Waals surface area contributed by atoms with Gasteiger partial charge in [-0.25, -0.2) is 19.2 Å². The summed E-state index contributed by atoms with van der Waals surface area (Å²) >= 11 is 2.51. The van der Waals surface area contributed by atoms with E-state index in [4.69, 9.17) is 9.47 Å². The van der Waals surface area contributed by atoms with Crippen LogP contribution in [0.2, 0.25) is 0 Å². The minimum atomic E-state index is -0.523. The number of fused-ring (bicyclic) bond motifs is 1. The lowest BCUT2D eigenvalue weighted by Gasteiger charge is -2.03. The van der Waals surface area contributed by atoms with Gasteiger partial charge in [0.15, 0.2) is 0 Å². The highest BCUT2D eigenvalue weighted by atomic mass is 32.1. The predicted molar refractivity (Wildman–Crippen MR) is 112 cm³/mol. The lowest BCUT2D eigenvalue weighted by Crippen LogP contribution is -2.10. The third-order valence-electron chi connectivity index (χ3n) is 4.23. The number of esters is 1. The van der Waals surface area contributed by atoms with Gasteiger partial charge >= 0.3 is 5.97 Å². The summed E-state index contributed by atoms with van der Waals surface area (Å²) in [4.78, 5) is 36.8. The number of aromatic amines is 1. The van der Waals surface area contributed by atoms with Gasteiger partial charge in [-0.15, -0.1) is 22.7 Å². The lowest BCUT2D eigenvalue weighted by atomic mass is 10.2. The molecule has 1 N–H and O–H groups in total. The molecule has 0 saturated carbocycles. The van der Waals surface area contributed by atoms with E-state index in [-0.39, 0.29) is 24.6 Å². The Morgan fingerprint density at radius 3 is 2.70 bits per heavy atom. The molecule has 0 fully saturated rings. The van der Waals surface area contributed by atoms with Crippen LogP contribution >= 0.6 is 22.7 Å². The summed E-state index contributed by atoms with van der Waals surface area (Å²) in [6.07, 6.45) is 0. The number of aromatic nitrogens is 3. The van der Waals surface area contributed by atoms with Crippen molar-refractivity contribution in [3.63, 3.8) is 0 Å². The van der Waals surface area contributed by atoms with E-state index >= 15 is 0 Å². The van der Waals surface area contributed by atoms with Crippen molar-refractivity contribution in [3.8, 4) is 5.75 Å². The van der Waals surface area contributed by atoms with E-state index in [0.29, 0.717) is 42.9 Å². The van der Waals surface area contributed by atoms with Gasteiger partial charge in [-0.2, -0.15) is 0 Å². The number of thiophene rings is 1. The number of nitrogens with one attached hydrogen (secondary N) is 1. The Kier molecular flexibility index (Phi) is 5.60. The Morgan fingerprint density at radius 1 is 1.17 bits per heavy atom. The molecule has 4 aromatic rings. The van der Waals surface area contributed by atoms with Crippen LogP contribution in [0.1, 0.15) is 31.8 Å². The van der Waals surface area contributed by atoms with E-state index in [9.17, 15) is 14.0 Å². The van der Waals surface area contributed by atoms with Crippen molar-refractivity contribution >= 4 is 38.9 Å². The molecule has 1 aromatic carbocycles. The normalized spacial score (nSPS) is 11.0. The number of benzene rings is 1. The number of thiazole rings is 1. The highest BCUT2D eigenvalue weighted by molar-refractivity contribution is 7.20. The van der Waals surface area contributed by atoms with Crippen LogP contribution in [0.5, 0.6) is 5.75 Å². The SMILES string of the molecule is Cc1nc2sc(C(=O)OCc3csc(COc4ccc(F)cc4)n3)c(C)c2c(=O)[nH]1. The molecule has 0 aliphatic heterocycles. The maximum Gasteiger partial charge on any atom is 0.349 e. The number of hydrogen-bond donors (Lipinski definition) is 1. The Bertz CT molecular complexity index is 1280. The fraction of sp³-hybridized carbons (Fsp3) is 0.200. The number of ether oxygens (including phenoxy) is 2. The quantitative estimate of drug-likeness (QED) is 0.449. The maximum atomic E-state index is 12.9. The molecule has 3 aromatic heterocycles. The van der Waals surface area contributed by atoms with E-state index in [2.05, 4.69) is 15.0 Å². The third-order valence-corrected chi connectivity index (χ3v) is 6.27. The molecular weight excluding hydrogens is 429 g/mol. The first kappa shape index (κ1) is 20.2. The van der Waals surface area contributed by atoms with Crippen molar-refractivity contribution in [1.29, 1.82) is 0 Å². The number of halogens is 1. The molecular formula is C20H16FN3O4S2. The molecule has 0 aliphatic rings. The number of hydrogen-bond acceptors (Lipinski definition) is 8.